The van der Waals surface area contributed by atoms with Gasteiger partial charge in [-0.1, -0.05) is 11.8 Å². The largest absolute Gasteiger partial charge is 0.341 e. The van der Waals surface area contributed by atoms with E-state index in [9.17, 15) is 9.59 Å². The number of hydrogen-bond donors (Lipinski definition) is 0. The van der Waals surface area contributed by atoms with E-state index in [1.165, 1.54) is 0 Å². The quantitative estimate of drug-likeness (QED) is 0.750. The Balaban J connectivity index is 2.06. The summed E-state index contributed by atoms with van der Waals surface area (Å²) in [6, 6.07) is 1.78. The van der Waals surface area contributed by atoms with Crippen LogP contribution in [0, 0.1) is 11.8 Å². The van der Waals surface area contributed by atoms with E-state index >= 15 is 0 Å². The molecule has 0 N–H and O–H groups in total. The molecule has 1 aromatic rings. The maximum atomic E-state index is 12.7. The second-order valence-electron chi connectivity index (χ2n) is 6.15. The van der Waals surface area contributed by atoms with Gasteiger partial charge in [0, 0.05) is 51.1 Å². The van der Waals surface area contributed by atoms with Gasteiger partial charge in [0.2, 0.25) is 5.91 Å². The number of carbonyl (C=O) groups is 2. The predicted molar refractivity (Wildman–Crippen MR) is 92.4 cm³/mol. The third kappa shape index (κ3) is 5.07. The molecule has 1 aliphatic rings. The van der Waals surface area contributed by atoms with E-state index < -0.39 is 0 Å². The standard InChI is InChI=1S/C18H24N4O2/c1-15(23)21-8-5-9-22(11-10-21)18(24)17-12-16(13-19-14-17)6-4-7-20(2)3/h12-14H,5,7-11H2,1-3H3. The molecule has 0 aromatic carbocycles. The van der Waals surface area contributed by atoms with Crippen LogP contribution < -0.4 is 0 Å². The van der Waals surface area contributed by atoms with Crippen molar-refractivity contribution < 1.29 is 9.59 Å². The molecular formula is C18H24N4O2. The van der Waals surface area contributed by atoms with Gasteiger partial charge in [0.05, 0.1) is 12.1 Å². The molecule has 1 fully saturated rings. The number of hydrogen-bond acceptors (Lipinski definition) is 4. The Labute approximate surface area is 143 Å². The molecule has 24 heavy (non-hydrogen) atoms. The number of amides is 2. The van der Waals surface area contributed by atoms with Crippen LogP contribution in [0.3, 0.4) is 0 Å². The summed E-state index contributed by atoms with van der Waals surface area (Å²) in [7, 11) is 3.91. The number of pyridine rings is 1. The molecule has 0 radical (unpaired) electrons. The number of rotatable bonds is 2. The summed E-state index contributed by atoms with van der Waals surface area (Å²) in [5, 5.41) is 0. The average Bonchev–Trinajstić information content (AvgIpc) is 2.80. The lowest BCUT2D eigenvalue weighted by Gasteiger charge is -2.21. The summed E-state index contributed by atoms with van der Waals surface area (Å²) in [6.45, 7) is 4.71. The Morgan fingerprint density at radius 3 is 2.58 bits per heavy atom. The molecule has 1 saturated heterocycles. The van der Waals surface area contributed by atoms with Gasteiger partial charge in [0.25, 0.3) is 5.91 Å². The van der Waals surface area contributed by atoms with E-state index in [4.69, 9.17) is 0 Å². The summed E-state index contributed by atoms with van der Waals surface area (Å²) in [6.07, 6.45) is 4.04. The lowest BCUT2D eigenvalue weighted by molar-refractivity contribution is -0.128. The fourth-order valence-corrected chi connectivity index (χ4v) is 2.54. The molecule has 6 heteroatoms. The Hall–Kier alpha value is -2.39. The summed E-state index contributed by atoms with van der Waals surface area (Å²) < 4.78 is 0. The second-order valence-corrected chi connectivity index (χ2v) is 6.15. The van der Waals surface area contributed by atoms with Crippen molar-refractivity contribution in [1.29, 1.82) is 0 Å². The highest BCUT2D eigenvalue weighted by Gasteiger charge is 2.21. The van der Waals surface area contributed by atoms with Crippen LogP contribution in [-0.4, -0.2) is 78.3 Å². The smallest absolute Gasteiger partial charge is 0.255 e. The summed E-state index contributed by atoms with van der Waals surface area (Å²) in [5.41, 5.74) is 1.28. The van der Waals surface area contributed by atoms with Gasteiger partial charge < -0.3 is 9.80 Å². The van der Waals surface area contributed by atoms with Crippen LogP contribution in [0.25, 0.3) is 0 Å². The monoisotopic (exact) mass is 328 g/mol. The van der Waals surface area contributed by atoms with Crippen LogP contribution >= 0.6 is 0 Å². The Morgan fingerprint density at radius 1 is 1.17 bits per heavy atom. The third-order valence-electron chi connectivity index (χ3n) is 3.84. The topological polar surface area (TPSA) is 56.8 Å². The minimum Gasteiger partial charge on any atom is -0.341 e. The lowest BCUT2D eigenvalue weighted by atomic mass is 10.2. The molecule has 2 rings (SSSR count). The zero-order chi connectivity index (χ0) is 17.5. The molecule has 1 aromatic heterocycles. The minimum atomic E-state index is -0.0517. The number of nitrogens with zero attached hydrogens (tertiary/aromatic N) is 4. The van der Waals surface area contributed by atoms with E-state index in [2.05, 4.69) is 16.8 Å². The minimum absolute atomic E-state index is 0.0517. The van der Waals surface area contributed by atoms with Crippen LogP contribution in [0.1, 0.15) is 29.3 Å². The van der Waals surface area contributed by atoms with Crippen LogP contribution in [0.5, 0.6) is 0 Å². The lowest BCUT2D eigenvalue weighted by Crippen LogP contribution is -2.36. The molecule has 0 atom stereocenters. The highest BCUT2D eigenvalue weighted by molar-refractivity contribution is 5.94. The zero-order valence-electron chi connectivity index (χ0n) is 14.6. The van der Waals surface area contributed by atoms with Crippen LogP contribution in [0.4, 0.5) is 0 Å². The zero-order valence-corrected chi connectivity index (χ0v) is 14.6. The van der Waals surface area contributed by atoms with Gasteiger partial charge in [-0.2, -0.15) is 0 Å². The van der Waals surface area contributed by atoms with Crippen molar-refractivity contribution in [3.05, 3.63) is 29.6 Å². The first kappa shape index (κ1) is 18.0. The Bertz CT molecular complexity index is 660. The van der Waals surface area contributed by atoms with Gasteiger partial charge in [-0.05, 0) is 26.6 Å². The number of aromatic nitrogens is 1. The van der Waals surface area contributed by atoms with Gasteiger partial charge in [-0.15, -0.1) is 0 Å². The highest BCUT2D eigenvalue weighted by atomic mass is 16.2. The van der Waals surface area contributed by atoms with Gasteiger partial charge in [-0.25, -0.2) is 0 Å². The van der Waals surface area contributed by atoms with E-state index in [1.54, 1.807) is 35.2 Å². The molecule has 0 spiro atoms. The van der Waals surface area contributed by atoms with Crippen molar-refractivity contribution >= 4 is 11.8 Å². The van der Waals surface area contributed by atoms with Crippen molar-refractivity contribution in [1.82, 2.24) is 19.7 Å². The van der Waals surface area contributed by atoms with E-state index in [-0.39, 0.29) is 11.8 Å². The molecule has 0 unspecified atom stereocenters. The first-order valence-electron chi connectivity index (χ1n) is 8.11. The molecule has 0 saturated carbocycles. The fourth-order valence-electron chi connectivity index (χ4n) is 2.54. The molecular weight excluding hydrogens is 304 g/mol. The summed E-state index contributed by atoms with van der Waals surface area (Å²) in [4.78, 5) is 33.9. The molecule has 6 nitrogen and oxygen atoms in total. The molecule has 128 valence electrons. The second kappa shape index (κ2) is 8.46. The first-order valence-corrected chi connectivity index (χ1v) is 8.11. The van der Waals surface area contributed by atoms with E-state index in [1.807, 2.05) is 19.0 Å². The van der Waals surface area contributed by atoms with Gasteiger partial charge in [0.15, 0.2) is 0 Å². The van der Waals surface area contributed by atoms with Crippen LogP contribution in [0.15, 0.2) is 18.5 Å². The Kier molecular flexibility index (Phi) is 6.33. The van der Waals surface area contributed by atoms with Crippen molar-refractivity contribution in [2.45, 2.75) is 13.3 Å². The molecule has 2 heterocycles. The maximum Gasteiger partial charge on any atom is 0.255 e. The van der Waals surface area contributed by atoms with Crippen LogP contribution in [0.2, 0.25) is 0 Å². The maximum absolute atomic E-state index is 12.7. The molecule has 0 aliphatic carbocycles. The fraction of sp³-hybridized carbons (Fsp3) is 0.500. The van der Waals surface area contributed by atoms with E-state index in [0.717, 1.165) is 12.0 Å². The predicted octanol–water partition coefficient (Wildman–Crippen LogP) is 0.689. The van der Waals surface area contributed by atoms with Crippen LogP contribution in [-0.2, 0) is 4.79 Å². The van der Waals surface area contributed by atoms with E-state index in [0.29, 0.717) is 38.3 Å². The van der Waals surface area contributed by atoms with Crippen molar-refractivity contribution in [2.75, 3.05) is 46.8 Å². The van der Waals surface area contributed by atoms with Crippen molar-refractivity contribution in [3.8, 4) is 11.8 Å². The van der Waals surface area contributed by atoms with Crippen molar-refractivity contribution in [3.63, 3.8) is 0 Å². The summed E-state index contributed by atoms with van der Waals surface area (Å²) in [5.74, 6) is 6.08. The Morgan fingerprint density at radius 2 is 1.88 bits per heavy atom. The van der Waals surface area contributed by atoms with Gasteiger partial charge >= 0.3 is 0 Å². The molecule has 1 aliphatic heterocycles. The highest BCUT2D eigenvalue weighted by Crippen LogP contribution is 2.10. The van der Waals surface area contributed by atoms with Gasteiger partial charge in [-0.3, -0.25) is 19.5 Å². The third-order valence-corrected chi connectivity index (χ3v) is 3.84. The SMILES string of the molecule is CC(=O)N1CCCN(C(=O)c2cncc(C#CCN(C)C)c2)CC1. The number of carbonyl (C=O) groups excluding carboxylic acids is 2. The first-order chi connectivity index (χ1) is 11.5. The average molecular weight is 328 g/mol. The van der Waals surface area contributed by atoms with Crippen molar-refractivity contribution in [2.24, 2.45) is 0 Å². The van der Waals surface area contributed by atoms with Gasteiger partial charge in [0.1, 0.15) is 0 Å². The normalized spacial score (nSPS) is 14.8. The summed E-state index contributed by atoms with van der Waals surface area (Å²) >= 11 is 0. The molecule has 0 bridgehead atoms. The molecule has 2 amide bonds.